The van der Waals surface area contributed by atoms with Crippen molar-refractivity contribution in [3.63, 3.8) is 0 Å². The van der Waals surface area contributed by atoms with Crippen molar-refractivity contribution in [3.8, 4) is 0 Å². The Balaban J connectivity index is 1.47. The van der Waals surface area contributed by atoms with Crippen molar-refractivity contribution in [3.05, 3.63) is 95.0 Å². The summed E-state index contributed by atoms with van der Waals surface area (Å²) in [6.07, 6.45) is 5.20. The van der Waals surface area contributed by atoms with Crippen LogP contribution in [-0.2, 0) is 6.54 Å². The van der Waals surface area contributed by atoms with Crippen LogP contribution in [0.3, 0.4) is 0 Å². The molecule has 0 aliphatic rings. The van der Waals surface area contributed by atoms with Gasteiger partial charge in [0.05, 0.1) is 30.1 Å². The molecular formula is C22H16BrN5O. The Labute approximate surface area is 174 Å². The van der Waals surface area contributed by atoms with E-state index >= 15 is 0 Å². The van der Waals surface area contributed by atoms with Crippen molar-refractivity contribution in [1.82, 2.24) is 19.2 Å². The lowest BCUT2D eigenvalue weighted by Crippen LogP contribution is -2.14. The molecule has 0 fully saturated rings. The highest BCUT2D eigenvalue weighted by Crippen LogP contribution is 2.24. The largest absolute Gasteiger partial charge is 0.320 e. The number of rotatable bonds is 4. The Morgan fingerprint density at radius 2 is 1.86 bits per heavy atom. The first-order valence-electron chi connectivity index (χ1n) is 9.11. The van der Waals surface area contributed by atoms with Crippen molar-refractivity contribution in [2.45, 2.75) is 6.54 Å². The van der Waals surface area contributed by atoms with Gasteiger partial charge in [-0.15, -0.1) is 0 Å². The minimum Gasteiger partial charge on any atom is -0.320 e. The fraction of sp³-hybridized carbons (Fsp3) is 0.0455. The monoisotopic (exact) mass is 445 g/mol. The van der Waals surface area contributed by atoms with Crippen LogP contribution in [0.2, 0.25) is 0 Å². The highest BCUT2D eigenvalue weighted by Gasteiger charge is 2.15. The van der Waals surface area contributed by atoms with Crippen LogP contribution in [0.4, 0.5) is 5.69 Å². The van der Waals surface area contributed by atoms with Gasteiger partial charge < -0.3 is 5.32 Å². The number of pyridine rings is 1. The van der Waals surface area contributed by atoms with E-state index in [1.54, 1.807) is 16.8 Å². The molecule has 5 aromatic rings. The predicted octanol–water partition coefficient (Wildman–Crippen LogP) is 4.75. The number of carbonyl (C=O) groups is 1. The maximum Gasteiger partial charge on any atom is 0.274 e. The van der Waals surface area contributed by atoms with Gasteiger partial charge in [0.25, 0.3) is 5.91 Å². The van der Waals surface area contributed by atoms with Crippen molar-refractivity contribution in [1.29, 1.82) is 0 Å². The van der Waals surface area contributed by atoms with Crippen LogP contribution in [0.5, 0.6) is 0 Å². The maximum absolute atomic E-state index is 12.9. The topological polar surface area (TPSA) is 64.2 Å². The average Bonchev–Trinajstić information content (AvgIpc) is 3.33. The summed E-state index contributed by atoms with van der Waals surface area (Å²) in [5, 5.41) is 8.43. The van der Waals surface area contributed by atoms with Gasteiger partial charge in [-0.2, -0.15) is 5.10 Å². The molecule has 2 aromatic carbocycles. The summed E-state index contributed by atoms with van der Waals surface area (Å²) in [5.41, 5.74) is 4.04. The van der Waals surface area contributed by atoms with Crippen molar-refractivity contribution >= 4 is 44.1 Å². The number of benzene rings is 2. The second-order valence-corrected chi connectivity index (χ2v) is 7.61. The van der Waals surface area contributed by atoms with E-state index in [-0.39, 0.29) is 5.91 Å². The van der Waals surface area contributed by atoms with Gasteiger partial charge >= 0.3 is 0 Å². The molecule has 3 heterocycles. The number of amides is 1. The number of anilines is 1. The number of hydrogen-bond acceptors (Lipinski definition) is 3. The highest BCUT2D eigenvalue weighted by atomic mass is 79.9. The van der Waals surface area contributed by atoms with Gasteiger partial charge in [0.2, 0.25) is 0 Å². The Bertz CT molecular complexity index is 1340. The molecule has 0 spiro atoms. The second-order valence-electron chi connectivity index (χ2n) is 6.70. The Morgan fingerprint density at radius 3 is 2.72 bits per heavy atom. The molecule has 0 unspecified atom stereocenters. The zero-order valence-electron chi connectivity index (χ0n) is 15.3. The van der Waals surface area contributed by atoms with Gasteiger partial charge in [0, 0.05) is 16.1 Å². The molecule has 0 atom stereocenters. The number of carbonyl (C=O) groups excluding carboxylic acids is 1. The molecule has 1 amide bonds. The summed E-state index contributed by atoms with van der Waals surface area (Å²) in [4.78, 5) is 17.2. The first kappa shape index (κ1) is 17.6. The van der Waals surface area contributed by atoms with Gasteiger partial charge in [0.1, 0.15) is 11.3 Å². The predicted molar refractivity (Wildman–Crippen MR) is 116 cm³/mol. The normalized spacial score (nSPS) is 11.2. The first-order chi connectivity index (χ1) is 14.2. The van der Waals surface area contributed by atoms with Gasteiger partial charge in [0.15, 0.2) is 0 Å². The lowest BCUT2D eigenvalue weighted by Gasteiger charge is -2.08. The molecule has 5 rings (SSSR count). The molecule has 0 saturated carbocycles. The fourth-order valence-electron chi connectivity index (χ4n) is 3.40. The molecule has 0 bridgehead atoms. The molecule has 7 heteroatoms. The highest BCUT2D eigenvalue weighted by molar-refractivity contribution is 9.10. The van der Waals surface area contributed by atoms with Crippen LogP contribution in [0.15, 0.2) is 83.7 Å². The third-order valence-electron chi connectivity index (χ3n) is 4.81. The van der Waals surface area contributed by atoms with E-state index in [2.05, 4.69) is 43.5 Å². The maximum atomic E-state index is 12.9. The Kier molecular flexibility index (Phi) is 4.37. The minimum absolute atomic E-state index is 0.223. The zero-order chi connectivity index (χ0) is 19.8. The van der Waals surface area contributed by atoms with Crippen LogP contribution in [0, 0.1) is 0 Å². The van der Waals surface area contributed by atoms with Gasteiger partial charge in [-0.25, -0.2) is 4.98 Å². The quantitative estimate of drug-likeness (QED) is 0.434. The van der Waals surface area contributed by atoms with E-state index in [1.807, 2.05) is 59.4 Å². The fourth-order valence-corrected chi connectivity index (χ4v) is 3.74. The van der Waals surface area contributed by atoms with E-state index in [4.69, 9.17) is 0 Å². The van der Waals surface area contributed by atoms with Crippen LogP contribution >= 0.6 is 15.9 Å². The van der Waals surface area contributed by atoms with Crippen LogP contribution in [-0.4, -0.2) is 25.1 Å². The van der Waals surface area contributed by atoms with Gasteiger partial charge in [-0.3, -0.25) is 13.9 Å². The smallest absolute Gasteiger partial charge is 0.274 e. The summed E-state index contributed by atoms with van der Waals surface area (Å²) < 4.78 is 4.57. The second kappa shape index (κ2) is 7.18. The number of nitrogens with zero attached hydrogens (tertiary/aromatic N) is 4. The molecule has 1 N–H and O–H groups in total. The zero-order valence-corrected chi connectivity index (χ0v) is 16.9. The van der Waals surface area contributed by atoms with E-state index in [1.165, 1.54) is 5.56 Å². The molecule has 0 aliphatic carbocycles. The van der Waals surface area contributed by atoms with E-state index in [0.717, 1.165) is 21.1 Å². The average molecular weight is 446 g/mol. The molecule has 6 nitrogen and oxygen atoms in total. The number of hydrogen-bond donors (Lipinski definition) is 1. The SMILES string of the molecule is O=C(Nc1cccc2c1cnn2Cc1ccccc1)c1cnc2ccc(Br)cn12. The van der Waals surface area contributed by atoms with E-state index < -0.39 is 0 Å². The Morgan fingerprint density at radius 1 is 1.00 bits per heavy atom. The van der Waals surface area contributed by atoms with Crippen molar-refractivity contribution in [2.75, 3.05) is 5.32 Å². The molecular weight excluding hydrogens is 430 g/mol. The third-order valence-corrected chi connectivity index (χ3v) is 5.28. The van der Waals surface area contributed by atoms with Crippen LogP contribution in [0.1, 0.15) is 16.1 Å². The summed E-state index contributed by atoms with van der Waals surface area (Å²) in [6, 6.07) is 19.7. The first-order valence-corrected chi connectivity index (χ1v) is 9.91. The number of halogens is 1. The standard InChI is InChI=1S/C22H16BrN5O/c23-16-9-10-21-24-12-20(27(21)14-16)22(29)26-18-7-4-8-19-17(18)11-25-28(19)13-15-5-2-1-3-6-15/h1-12,14H,13H2,(H,26,29). The van der Waals surface area contributed by atoms with Gasteiger partial charge in [-0.1, -0.05) is 36.4 Å². The summed E-state index contributed by atoms with van der Waals surface area (Å²) in [5.74, 6) is -0.223. The van der Waals surface area contributed by atoms with Crippen LogP contribution < -0.4 is 5.32 Å². The Hall–Kier alpha value is -3.45. The third kappa shape index (κ3) is 3.30. The summed E-state index contributed by atoms with van der Waals surface area (Å²) in [7, 11) is 0. The molecule has 3 aromatic heterocycles. The minimum atomic E-state index is -0.223. The molecule has 0 aliphatic heterocycles. The lowest BCUT2D eigenvalue weighted by atomic mass is 10.2. The molecule has 0 radical (unpaired) electrons. The van der Waals surface area contributed by atoms with Gasteiger partial charge in [-0.05, 0) is 45.8 Å². The molecule has 29 heavy (non-hydrogen) atoms. The number of fused-ring (bicyclic) bond motifs is 2. The van der Waals surface area contributed by atoms with E-state index in [0.29, 0.717) is 17.9 Å². The lowest BCUT2D eigenvalue weighted by molar-refractivity contribution is 0.102. The van der Waals surface area contributed by atoms with E-state index in [9.17, 15) is 4.79 Å². The molecule has 0 saturated heterocycles. The number of imidazole rings is 1. The van der Waals surface area contributed by atoms with Crippen molar-refractivity contribution in [2.24, 2.45) is 0 Å². The number of nitrogens with one attached hydrogen (secondary N) is 1. The molecule has 142 valence electrons. The summed E-state index contributed by atoms with van der Waals surface area (Å²) >= 11 is 3.44. The van der Waals surface area contributed by atoms with Crippen molar-refractivity contribution < 1.29 is 4.79 Å². The summed E-state index contributed by atoms with van der Waals surface area (Å²) in [6.45, 7) is 0.670. The number of aromatic nitrogens is 4. The van der Waals surface area contributed by atoms with Crippen LogP contribution in [0.25, 0.3) is 16.6 Å².